The van der Waals surface area contributed by atoms with Gasteiger partial charge >= 0.3 is 6.09 Å². The summed E-state index contributed by atoms with van der Waals surface area (Å²) in [6.45, 7) is 8.03. The Morgan fingerprint density at radius 1 is 1.42 bits per heavy atom. The SMILES string of the molecule is COCOC[C@@]1(CN)CCN(C(=O)OC(C)(C)C)C1. The predicted molar refractivity (Wildman–Crippen MR) is 71.7 cm³/mol. The highest BCUT2D eigenvalue weighted by atomic mass is 16.7. The smallest absolute Gasteiger partial charge is 0.410 e. The first-order valence-corrected chi connectivity index (χ1v) is 6.57. The minimum Gasteiger partial charge on any atom is -0.444 e. The van der Waals surface area contributed by atoms with Crippen molar-refractivity contribution in [2.45, 2.75) is 32.8 Å². The molecule has 6 nitrogen and oxygen atoms in total. The molecule has 0 saturated carbocycles. The summed E-state index contributed by atoms with van der Waals surface area (Å²) in [7, 11) is 1.58. The largest absolute Gasteiger partial charge is 0.444 e. The quantitative estimate of drug-likeness (QED) is 0.602. The molecule has 0 aliphatic carbocycles. The van der Waals surface area contributed by atoms with Crippen molar-refractivity contribution in [1.82, 2.24) is 4.90 Å². The van der Waals surface area contributed by atoms with Gasteiger partial charge in [0.05, 0.1) is 6.61 Å². The number of ether oxygens (including phenoxy) is 3. The van der Waals surface area contributed by atoms with Gasteiger partial charge in [0.2, 0.25) is 0 Å². The van der Waals surface area contributed by atoms with Crippen LogP contribution >= 0.6 is 0 Å². The molecule has 2 N–H and O–H groups in total. The fraction of sp³-hybridized carbons (Fsp3) is 0.923. The summed E-state index contributed by atoms with van der Waals surface area (Å²) in [4.78, 5) is 13.7. The molecule has 0 aromatic rings. The van der Waals surface area contributed by atoms with Gasteiger partial charge in [-0.25, -0.2) is 4.79 Å². The zero-order valence-electron chi connectivity index (χ0n) is 12.4. The number of rotatable bonds is 5. The molecule has 19 heavy (non-hydrogen) atoms. The van der Waals surface area contributed by atoms with Gasteiger partial charge in [-0.15, -0.1) is 0 Å². The Hall–Kier alpha value is -0.850. The van der Waals surface area contributed by atoms with E-state index in [2.05, 4.69) is 0 Å². The molecule has 0 bridgehead atoms. The maximum absolute atomic E-state index is 12.0. The van der Waals surface area contributed by atoms with E-state index in [9.17, 15) is 4.79 Å². The average molecular weight is 274 g/mol. The molecule has 1 rings (SSSR count). The van der Waals surface area contributed by atoms with Gasteiger partial charge in [0, 0.05) is 32.2 Å². The van der Waals surface area contributed by atoms with Crippen molar-refractivity contribution < 1.29 is 19.0 Å². The second-order valence-electron chi connectivity index (χ2n) is 6.11. The molecular weight excluding hydrogens is 248 g/mol. The number of hydrogen-bond acceptors (Lipinski definition) is 5. The van der Waals surface area contributed by atoms with E-state index in [1.165, 1.54) is 0 Å². The van der Waals surface area contributed by atoms with Crippen LogP contribution in [0.5, 0.6) is 0 Å². The van der Waals surface area contributed by atoms with Crippen LogP contribution in [0, 0.1) is 5.41 Å². The molecule has 0 unspecified atom stereocenters. The molecule has 0 aromatic carbocycles. The second kappa shape index (κ2) is 6.54. The number of methoxy groups -OCH3 is 1. The van der Waals surface area contributed by atoms with E-state index in [4.69, 9.17) is 19.9 Å². The molecule has 1 aliphatic heterocycles. The Labute approximate surface area is 115 Å². The Bertz CT molecular complexity index is 304. The Balaban J connectivity index is 2.52. The van der Waals surface area contributed by atoms with E-state index in [0.29, 0.717) is 26.2 Å². The summed E-state index contributed by atoms with van der Waals surface area (Å²) >= 11 is 0. The van der Waals surface area contributed by atoms with Crippen molar-refractivity contribution >= 4 is 6.09 Å². The van der Waals surface area contributed by atoms with E-state index in [1.54, 1.807) is 12.0 Å². The Morgan fingerprint density at radius 3 is 2.63 bits per heavy atom. The van der Waals surface area contributed by atoms with Crippen molar-refractivity contribution in [3.8, 4) is 0 Å². The number of carbonyl (C=O) groups is 1. The monoisotopic (exact) mass is 274 g/mol. The number of carbonyl (C=O) groups excluding carboxylic acids is 1. The summed E-state index contributed by atoms with van der Waals surface area (Å²) in [6.07, 6.45) is 0.543. The summed E-state index contributed by atoms with van der Waals surface area (Å²) < 4.78 is 15.6. The maximum Gasteiger partial charge on any atom is 0.410 e. The van der Waals surface area contributed by atoms with E-state index in [0.717, 1.165) is 6.42 Å². The fourth-order valence-electron chi connectivity index (χ4n) is 2.10. The van der Waals surface area contributed by atoms with Gasteiger partial charge < -0.3 is 24.8 Å². The third-order valence-corrected chi connectivity index (χ3v) is 3.13. The summed E-state index contributed by atoms with van der Waals surface area (Å²) in [6, 6.07) is 0. The van der Waals surface area contributed by atoms with Gasteiger partial charge in [-0.2, -0.15) is 0 Å². The average Bonchev–Trinajstić information content (AvgIpc) is 2.73. The molecule has 112 valence electrons. The lowest BCUT2D eigenvalue weighted by Gasteiger charge is -2.28. The number of nitrogens with two attached hydrogens (primary N) is 1. The van der Waals surface area contributed by atoms with Crippen LogP contribution in [0.2, 0.25) is 0 Å². The highest BCUT2D eigenvalue weighted by Crippen LogP contribution is 2.30. The number of nitrogens with zero attached hydrogens (tertiary/aromatic N) is 1. The first-order chi connectivity index (χ1) is 8.82. The first-order valence-electron chi connectivity index (χ1n) is 6.57. The minimum absolute atomic E-state index is 0.185. The van der Waals surface area contributed by atoms with Crippen molar-refractivity contribution in [1.29, 1.82) is 0 Å². The van der Waals surface area contributed by atoms with Crippen LogP contribution in [0.1, 0.15) is 27.2 Å². The van der Waals surface area contributed by atoms with Gasteiger partial charge in [0.15, 0.2) is 0 Å². The van der Waals surface area contributed by atoms with Gasteiger partial charge in [-0.3, -0.25) is 0 Å². The third kappa shape index (κ3) is 4.97. The molecule has 0 aromatic heterocycles. The van der Waals surface area contributed by atoms with E-state index < -0.39 is 5.60 Å². The molecule has 1 aliphatic rings. The lowest BCUT2D eigenvalue weighted by molar-refractivity contribution is -0.0612. The topological polar surface area (TPSA) is 74.0 Å². The molecule has 1 saturated heterocycles. The van der Waals surface area contributed by atoms with Gasteiger partial charge in [-0.1, -0.05) is 0 Å². The van der Waals surface area contributed by atoms with Crippen LogP contribution in [-0.4, -0.2) is 56.7 Å². The second-order valence-corrected chi connectivity index (χ2v) is 6.11. The number of likely N-dealkylation sites (tertiary alicyclic amines) is 1. The van der Waals surface area contributed by atoms with E-state index in [-0.39, 0.29) is 18.3 Å². The normalized spacial score (nSPS) is 23.7. The van der Waals surface area contributed by atoms with Crippen LogP contribution in [0.15, 0.2) is 0 Å². The number of amides is 1. The lowest BCUT2D eigenvalue weighted by Crippen LogP contribution is -2.41. The van der Waals surface area contributed by atoms with Crippen molar-refractivity contribution in [2.75, 3.05) is 40.1 Å². The number of hydrogen-bond donors (Lipinski definition) is 1. The molecule has 0 spiro atoms. The highest BCUT2D eigenvalue weighted by molar-refractivity contribution is 5.68. The van der Waals surface area contributed by atoms with Crippen LogP contribution in [0.25, 0.3) is 0 Å². The third-order valence-electron chi connectivity index (χ3n) is 3.13. The Kier molecular flexibility index (Phi) is 5.58. The zero-order valence-corrected chi connectivity index (χ0v) is 12.4. The lowest BCUT2D eigenvalue weighted by atomic mass is 9.88. The molecule has 1 atom stereocenters. The fourth-order valence-corrected chi connectivity index (χ4v) is 2.10. The van der Waals surface area contributed by atoms with E-state index in [1.807, 2.05) is 20.8 Å². The van der Waals surface area contributed by atoms with Crippen LogP contribution < -0.4 is 5.73 Å². The summed E-state index contributed by atoms with van der Waals surface area (Å²) in [5, 5.41) is 0. The molecule has 1 heterocycles. The van der Waals surface area contributed by atoms with Gasteiger partial charge in [0.1, 0.15) is 12.4 Å². The van der Waals surface area contributed by atoms with Crippen molar-refractivity contribution in [3.63, 3.8) is 0 Å². The highest BCUT2D eigenvalue weighted by Gasteiger charge is 2.40. The first kappa shape index (κ1) is 16.2. The molecular formula is C13H26N2O4. The molecule has 1 fully saturated rings. The van der Waals surface area contributed by atoms with Crippen LogP contribution in [-0.2, 0) is 14.2 Å². The Morgan fingerprint density at radius 2 is 2.11 bits per heavy atom. The molecule has 0 radical (unpaired) electrons. The minimum atomic E-state index is -0.475. The zero-order chi connectivity index (χ0) is 14.5. The molecule has 1 amide bonds. The van der Waals surface area contributed by atoms with Gasteiger partial charge in [-0.05, 0) is 27.2 Å². The van der Waals surface area contributed by atoms with Crippen molar-refractivity contribution in [2.24, 2.45) is 11.1 Å². The maximum atomic E-state index is 12.0. The molecule has 6 heteroatoms. The van der Waals surface area contributed by atoms with Crippen LogP contribution in [0.3, 0.4) is 0 Å². The predicted octanol–water partition coefficient (Wildman–Crippen LogP) is 1.19. The van der Waals surface area contributed by atoms with Crippen molar-refractivity contribution in [3.05, 3.63) is 0 Å². The van der Waals surface area contributed by atoms with Crippen LogP contribution in [0.4, 0.5) is 4.79 Å². The standard InChI is InChI=1S/C13H26N2O4/c1-12(2,3)19-11(16)15-6-5-13(7-14,8-15)9-18-10-17-4/h5-10,14H2,1-4H3/t13-/m1/s1. The van der Waals surface area contributed by atoms with Gasteiger partial charge in [0.25, 0.3) is 0 Å². The van der Waals surface area contributed by atoms with E-state index >= 15 is 0 Å². The summed E-state index contributed by atoms with van der Waals surface area (Å²) in [5.74, 6) is 0. The summed E-state index contributed by atoms with van der Waals surface area (Å²) in [5.41, 5.74) is 5.18.